The van der Waals surface area contributed by atoms with Gasteiger partial charge >= 0.3 is 5.97 Å². The third-order valence-electron chi connectivity index (χ3n) is 1.81. The molecule has 0 aliphatic rings. The molecule has 0 fully saturated rings. The van der Waals surface area contributed by atoms with E-state index in [1.165, 1.54) is 19.6 Å². The lowest BCUT2D eigenvalue weighted by atomic mass is 10.3. The monoisotopic (exact) mass is 240 g/mol. The van der Waals surface area contributed by atoms with Crippen LogP contribution in [0.3, 0.4) is 0 Å². The van der Waals surface area contributed by atoms with Crippen molar-refractivity contribution in [2.45, 2.75) is 4.90 Å². The third kappa shape index (κ3) is 3.20. The van der Waals surface area contributed by atoms with Crippen LogP contribution in [0.1, 0.15) is 0 Å². The second-order valence-corrected chi connectivity index (χ2v) is 4.08. The summed E-state index contributed by atoms with van der Waals surface area (Å²) in [6, 6.07) is 6.92. The number of rotatable bonds is 4. The van der Waals surface area contributed by atoms with E-state index >= 15 is 0 Å². The molecule has 4 nitrogen and oxygen atoms in total. The molecular weight excluding hydrogens is 228 g/mol. The van der Waals surface area contributed by atoms with Gasteiger partial charge in [-0.2, -0.15) is 0 Å². The van der Waals surface area contributed by atoms with Gasteiger partial charge in [0.2, 0.25) is 0 Å². The number of hydrogen-bond acceptors (Lipinski definition) is 4. The van der Waals surface area contributed by atoms with Gasteiger partial charge in [0, 0.05) is 11.5 Å². The molecule has 1 aromatic carbocycles. The van der Waals surface area contributed by atoms with Gasteiger partial charge in [0.15, 0.2) is 0 Å². The van der Waals surface area contributed by atoms with Gasteiger partial charge < -0.3 is 9.47 Å². The fourth-order valence-electron chi connectivity index (χ4n) is 1.04. The summed E-state index contributed by atoms with van der Waals surface area (Å²) < 4.78 is 21.2. The maximum Gasteiger partial charge on any atom is 0.331 e. The molecule has 0 heterocycles. The average molecular weight is 240 g/mol. The molecule has 0 aromatic heterocycles. The number of methoxy groups -OCH3 is 2. The zero-order valence-corrected chi connectivity index (χ0v) is 9.82. The van der Waals surface area contributed by atoms with E-state index in [1.807, 2.05) is 0 Å². The van der Waals surface area contributed by atoms with Crippen molar-refractivity contribution in [1.29, 1.82) is 0 Å². The van der Waals surface area contributed by atoms with Crippen LogP contribution in [0, 0.1) is 0 Å². The lowest BCUT2D eigenvalue weighted by Gasteiger charge is -2.04. The summed E-state index contributed by atoms with van der Waals surface area (Å²) in [4.78, 5) is 11.3. The Morgan fingerprint density at radius 1 is 1.31 bits per heavy atom. The summed E-state index contributed by atoms with van der Waals surface area (Å²) in [5, 5.41) is 1.27. The molecule has 1 rings (SSSR count). The van der Waals surface area contributed by atoms with Crippen LogP contribution in [0.4, 0.5) is 0 Å². The normalized spacial score (nSPS) is 12.4. The summed E-state index contributed by atoms with van der Waals surface area (Å²) in [5.41, 5.74) is 0. The van der Waals surface area contributed by atoms with Crippen molar-refractivity contribution >= 4 is 16.8 Å². The van der Waals surface area contributed by atoms with Crippen molar-refractivity contribution in [2.75, 3.05) is 14.2 Å². The quantitative estimate of drug-likeness (QED) is 0.591. The van der Waals surface area contributed by atoms with Gasteiger partial charge in [0.05, 0.1) is 29.9 Å². The first-order chi connectivity index (χ1) is 7.69. The number of esters is 1. The highest BCUT2D eigenvalue weighted by molar-refractivity contribution is 7.88. The average Bonchev–Trinajstić information content (AvgIpc) is 2.35. The van der Waals surface area contributed by atoms with Crippen LogP contribution in [0.15, 0.2) is 40.6 Å². The molecule has 1 atom stereocenters. The van der Waals surface area contributed by atoms with Crippen LogP contribution in [0.2, 0.25) is 0 Å². The Kier molecular flexibility index (Phi) is 4.72. The van der Waals surface area contributed by atoms with Crippen molar-refractivity contribution < 1.29 is 18.5 Å². The van der Waals surface area contributed by atoms with E-state index in [9.17, 15) is 9.00 Å². The topological polar surface area (TPSA) is 52.6 Å². The Morgan fingerprint density at radius 3 is 2.62 bits per heavy atom. The largest absolute Gasteiger partial charge is 0.495 e. The maximum absolute atomic E-state index is 11.8. The first-order valence-electron chi connectivity index (χ1n) is 4.48. The van der Waals surface area contributed by atoms with Crippen LogP contribution in [0.25, 0.3) is 0 Å². The molecule has 86 valence electrons. The SMILES string of the molecule is COC(=O)/C=C/S(=O)c1ccccc1OC. The molecule has 0 saturated heterocycles. The van der Waals surface area contributed by atoms with Crippen molar-refractivity contribution in [3.8, 4) is 5.75 Å². The van der Waals surface area contributed by atoms with E-state index in [0.717, 1.165) is 6.08 Å². The van der Waals surface area contributed by atoms with Gasteiger partial charge in [-0.05, 0) is 12.1 Å². The first-order valence-corrected chi connectivity index (χ1v) is 5.70. The molecule has 0 aliphatic carbocycles. The molecule has 0 bridgehead atoms. The van der Waals surface area contributed by atoms with E-state index in [1.54, 1.807) is 24.3 Å². The molecule has 0 radical (unpaired) electrons. The van der Waals surface area contributed by atoms with E-state index in [0.29, 0.717) is 10.6 Å². The van der Waals surface area contributed by atoms with E-state index in [2.05, 4.69) is 4.74 Å². The Bertz CT molecular complexity index is 426. The van der Waals surface area contributed by atoms with Gasteiger partial charge in [0.1, 0.15) is 5.75 Å². The summed E-state index contributed by atoms with van der Waals surface area (Å²) in [7, 11) is 1.34. The van der Waals surface area contributed by atoms with Gasteiger partial charge in [0.25, 0.3) is 0 Å². The lowest BCUT2D eigenvalue weighted by molar-refractivity contribution is -0.134. The van der Waals surface area contributed by atoms with E-state index in [4.69, 9.17) is 4.74 Å². The van der Waals surface area contributed by atoms with Crippen LogP contribution < -0.4 is 4.74 Å². The minimum Gasteiger partial charge on any atom is -0.495 e. The van der Waals surface area contributed by atoms with Gasteiger partial charge in [-0.25, -0.2) is 9.00 Å². The second-order valence-electron chi connectivity index (χ2n) is 2.77. The highest BCUT2D eigenvalue weighted by Gasteiger charge is 2.07. The zero-order valence-electron chi connectivity index (χ0n) is 9.01. The summed E-state index contributed by atoms with van der Waals surface area (Å²) >= 11 is 0. The molecule has 0 spiro atoms. The third-order valence-corrected chi connectivity index (χ3v) is 2.97. The minimum absolute atomic E-state index is 0.519. The Balaban J connectivity index is 2.88. The molecular formula is C11H12O4S. The van der Waals surface area contributed by atoms with Gasteiger partial charge in [-0.1, -0.05) is 12.1 Å². The van der Waals surface area contributed by atoms with Crippen molar-refractivity contribution in [3.63, 3.8) is 0 Å². The molecule has 0 aliphatic heterocycles. The number of carbonyl (C=O) groups is 1. The van der Waals surface area contributed by atoms with Crippen LogP contribution in [-0.2, 0) is 20.3 Å². The van der Waals surface area contributed by atoms with Crippen molar-refractivity contribution in [2.24, 2.45) is 0 Å². The van der Waals surface area contributed by atoms with Crippen molar-refractivity contribution in [3.05, 3.63) is 35.7 Å². The molecule has 16 heavy (non-hydrogen) atoms. The first kappa shape index (κ1) is 12.4. The zero-order chi connectivity index (χ0) is 12.0. The Morgan fingerprint density at radius 2 is 2.00 bits per heavy atom. The number of para-hydroxylation sites is 1. The minimum atomic E-state index is -1.42. The van der Waals surface area contributed by atoms with Gasteiger partial charge in [-0.15, -0.1) is 0 Å². The summed E-state index contributed by atoms with van der Waals surface area (Å²) in [6.45, 7) is 0. The van der Waals surface area contributed by atoms with Gasteiger partial charge in [-0.3, -0.25) is 0 Å². The van der Waals surface area contributed by atoms with Crippen LogP contribution >= 0.6 is 0 Å². The Hall–Kier alpha value is -1.62. The molecule has 0 N–H and O–H groups in total. The number of ether oxygens (including phenoxy) is 2. The highest BCUT2D eigenvalue weighted by atomic mass is 32.2. The summed E-state index contributed by atoms with van der Waals surface area (Å²) in [6.07, 6.45) is 1.13. The van der Waals surface area contributed by atoms with E-state index < -0.39 is 16.8 Å². The predicted molar refractivity (Wildman–Crippen MR) is 60.6 cm³/mol. The molecule has 0 saturated carbocycles. The van der Waals surface area contributed by atoms with Crippen molar-refractivity contribution in [1.82, 2.24) is 0 Å². The standard InChI is InChI=1S/C11H12O4S/c1-14-9-5-3-4-6-10(9)16(13)8-7-11(12)15-2/h3-8H,1-2H3/b8-7+. The predicted octanol–water partition coefficient (Wildman–Crippen LogP) is 1.49. The number of benzene rings is 1. The lowest BCUT2D eigenvalue weighted by Crippen LogP contribution is -1.97. The molecule has 1 unspecified atom stereocenters. The fraction of sp³-hybridized carbons (Fsp3) is 0.182. The smallest absolute Gasteiger partial charge is 0.331 e. The molecule has 1 aromatic rings. The second kappa shape index (κ2) is 6.07. The van der Waals surface area contributed by atoms with Crippen LogP contribution in [-0.4, -0.2) is 24.4 Å². The van der Waals surface area contributed by atoms with Crippen LogP contribution in [0.5, 0.6) is 5.75 Å². The maximum atomic E-state index is 11.8. The fourth-order valence-corrected chi connectivity index (χ4v) is 1.99. The summed E-state index contributed by atoms with van der Waals surface area (Å²) in [5.74, 6) is -0.0152. The number of hydrogen-bond donors (Lipinski definition) is 0. The number of carbonyl (C=O) groups excluding carboxylic acids is 1. The molecule has 0 amide bonds. The highest BCUT2D eigenvalue weighted by Crippen LogP contribution is 2.21. The molecule has 5 heteroatoms. The Labute approximate surface area is 96.3 Å². The van der Waals surface area contributed by atoms with E-state index in [-0.39, 0.29) is 0 Å².